The Morgan fingerprint density at radius 2 is 1.95 bits per heavy atom. The van der Waals surface area contributed by atoms with E-state index in [9.17, 15) is 0 Å². The number of aromatic nitrogens is 2. The molecular formula is C15H27N5S. The zero-order valence-corrected chi connectivity index (χ0v) is 14.2. The number of rotatable bonds is 7. The van der Waals surface area contributed by atoms with E-state index < -0.39 is 0 Å². The highest BCUT2D eigenvalue weighted by Gasteiger charge is 2.19. The molecule has 0 aliphatic carbocycles. The average molecular weight is 309 g/mol. The topological polar surface area (TPSA) is 53.1 Å². The van der Waals surface area contributed by atoms with Crippen LogP contribution in [-0.4, -0.2) is 53.3 Å². The summed E-state index contributed by atoms with van der Waals surface area (Å²) in [5.74, 6) is 1.85. The minimum Gasteiger partial charge on any atom is -0.370 e. The van der Waals surface area contributed by atoms with Gasteiger partial charge >= 0.3 is 0 Å². The predicted octanol–water partition coefficient (Wildman–Crippen LogP) is 2.92. The van der Waals surface area contributed by atoms with E-state index in [0.717, 1.165) is 23.3 Å². The summed E-state index contributed by atoms with van der Waals surface area (Å²) in [4.78, 5) is 11.6. The van der Waals surface area contributed by atoms with Gasteiger partial charge in [0.05, 0.1) is 0 Å². The maximum Gasteiger partial charge on any atom is 0.191 e. The fraction of sp³-hybridized carbons (Fsp3) is 0.733. The van der Waals surface area contributed by atoms with Gasteiger partial charge in [-0.1, -0.05) is 18.7 Å². The van der Waals surface area contributed by atoms with Gasteiger partial charge in [0, 0.05) is 31.7 Å². The summed E-state index contributed by atoms with van der Waals surface area (Å²) in [6.07, 6.45) is 5.63. The van der Waals surface area contributed by atoms with Crippen LogP contribution in [-0.2, 0) is 0 Å². The molecule has 1 aromatic heterocycles. The Labute approximate surface area is 132 Å². The summed E-state index contributed by atoms with van der Waals surface area (Å²) in [6, 6.07) is 2.54. The van der Waals surface area contributed by atoms with Gasteiger partial charge in [0.15, 0.2) is 5.16 Å². The highest BCUT2D eigenvalue weighted by atomic mass is 32.2. The van der Waals surface area contributed by atoms with Crippen molar-refractivity contribution in [3.63, 3.8) is 0 Å². The molecule has 2 N–H and O–H groups in total. The van der Waals surface area contributed by atoms with Gasteiger partial charge in [-0.3, -0.25) is 0 Å². The molecule has 5 nitrogen and oxygen atoms in total. The van der Waals surface area contributed by atoms with Crippen LogP contribution >= 0.6 is 11.8 Å². The van der Waals surface area contributed by atoms with Crippen LogP contribution in [0.15, 0.2) is 11.2 Å². The SMILES string of the molecule is CCCN1CCC(Nc2cc(NCC)nc(SC)n2)CC1. The smallest absolute Gasteiger partial charge is 0.191 e. The van der Waals surface area contributed by atoms with Gasteiger partial charge in [-0.05, 0) is 39.0 Å². The Bertz CT molecular complexity index is 432. The molecule has 1 saturated heterocycles. The molecule has 118 valence electrons. The van der Waals surface area contributed by atoms with Crippen LogP contribution in [0.25, 0.3) is 0 Å². The maximum absolute atomic E-state index is 4.57. The molecule has 0 spiro atoms. The second kappa shape index (κ2) is 8.44. The maximum atomic E-state index is 4.57. The summed E-state index contributed by atoms with van der Waals surface area (Å²) in [5, 5.41) is 7.68. The Morgan fingerprint density at radius 1 is 1.24 bits per heavy atom. The summed E-state index contributed by atoms with van der Waals surface area (Å²) < 4.78 is 0. The molecule has 1 fully saturated rings. The van der Waals surface area contributed by atoms with E-state index in [4.69, 9.17) is 0 Å². The lowest BCUT2D eigenvalue weighted by atomic mass is 10.0. The van der Waals surface area contributed by atoms with Gasteiger partial charge < -0.3 is 15.5 Å². The van der Waals surface area contributed by atoms with E-state index in [-0.39, 0.29) is 0 Å². The van der Waals surface area contributed by atoms with Crippen LogP contribution in [0.2, 0.25) is 0 Å². The molecule has 0 unspecified atom stereocenters. The average Bonchev–Trinajstić information content (AvgIpc) is 2.49. The molecule has 21 heavy (non-hydrogen) atoms. The summed E-state index contributed by atoms with van der Waals surface area (Å²) in [6.45, 7) is 8.80. The molecule has 1 aliphatic heterocycles. The van der Waals surface area contributed by atoms with E-state index in [2.05, 4.69) is 39.3 Å². The zero-order chi connectivity index (χ0) is 15.1. The van der Waals surface area contributed by atoms with Crippen molar-refractivity contribution >= 4 is 23.4 Å². The third-order valence-corrected chi connectivity index (χ3v) is 4.27. The molecule has 0 amide bonds. The van der Waals surface area contributed by atoms with Gasteiger partial charge in [-0.25, -0.2) is 9.97 Å². The van der Waals surface area contributed by atoms with Gasteiger partial charge in [0.2, 0.25) is 0 Å². The number of nitrogens with zero attached hydrogens (tertiary/aromatic N) is 3. The number of anilines is 2. The van der Waals surface area contributed by atoms with Crippen LogP contribution < -0.4 is 10.6 Å². The molecule has 0 atom stereocenters. The van der Waals surface area contributed by atoms with Gasteiger partial charge in [-0.15, -0.1) is 0 Å². The standard InChI is InChI=1S/C15H27N5S/c1-4-8-20-9-6-12(7-10-20)17-14-11-13(16-5-2)18-15(19-14)21-3/h11-12H,4-10H2,1-3H3,(H2,16,17,18,19). The van der Waals surface area contributed by atoms with Gasteiger partial charge in [0.1, 0.15) is 11.6 Å². The van der Waals surface area contributed by atoms with Crippen molar-refractivity contribution in [3.05, 3.63) is 6.07 Å². The third-order valence-electron chi connectivity index (χ3n) is 3.73. The fourth-order valence-electron chi connectivity index (χ4n) is 2.69. The Kier molecular flexibility index (Phi) is 6.57. The number of hydrogen-bond donors (Lipinski definition) is 2. The summed E-state index contributed by atoms with van der Waals surface area (Å²) >= 11 is 1.58. The van der Waals surface area contributed by atoms with Crippen molar-refractivity contribution in [3.8, 4) is 0 Å². The van der Waals surface area contributed by atoms with E-state index in [1.165, 1.54) is 38.9 Å². The van der Waals surface area contributed by atoms with Crippen molar-refractivity contribution < 1.29 is 0 Å². The van der Waals surface area contributed by atoms with Crippen molar-refractivity contribution in [1.82, 2.24) is 14.9 Å². The first-order valence-electron chi connectivity index (χ1n) is 7.91. The van der Waals surface area contributed by atoms with E-state index in [1.54, 1.807) is 11.8 Å². The molecular weight excluding hydrogens is 282 g/mol. The van der Waals surface area contributed by atoms with Crippen LogP contribution in [0, 0.1) is 0 Å². The first kappa shape index (κ1) is 16.4. The second-order valence-corrected chi connectivity index (χ2v) is 6.19. The minimum absolute atomic E-state index is 0.525. The molecule has 0 radical (unpaired) electrons. The molecule has 2 heterocycles. The predicted molar refractivity (Wildman–Crippen MR) is 91.4 cm³/mol. The second-order valence-electron chi connectivity index (χ2n) is 5.42. The molecule has 2 rings (SSSR count). The monoisotopic (exact) mass is 309 g/mol. The third kappa shape index (κ3) is 5.04. The first-order chi connectivity index (χ1) is 10.2. The zero-order valence-electron chi connectivity index (χ0n) is 13.4. The summed E-state index contributed by atoms with van der Waals surface area (Å²) in [5.41, 5.74) is 0. The number of piperidine rings is 1. The van der Waals surface area contributed by atoms with Crippen LogP contribution in [0.4, 0.5) is 11.6 Å². The van der Waals surface area contributed by atoms with Crippen molar-refractivity contribution in [2.24, 2.45) is 0 Å². The molecule has 0 saturated carbocycles. The largest absolute Gasteiger partial charge is 0.370 e. The number of thioether (sulfide) groups is 1. The normalized spacial score (nSPS) is 16.9. The van der Waals surface area contributed by atoms with Crippen LogP contribution in [0.3, 0.4) is 0 Å². The lowest BCUT2D eigenvalue weighted by Gasteiger charge is -2.32. The molecule has 1 aliphatic rings. The fourth-order valence-corrected chi connectivity index (χ4v) is 3.07. The van der Waals surface area contributed by atoms with E-state index in [0.29, 0.717) is 6.04 Å². The van der Waals surface area contributed by atoms with Crippen molar-refractivity contribution in [1.29, 1.82) is 0 Å². The lowest BCUT2D eigenvalue weighted by Crippen LogP contribution is -2.39. The van der Waals surface area contributed by atoms with E-state index >= 15 is 0 Å². The van der Waals surface area contributed by atoms with Crippen LogP contribution in [0.5, 0.6) is 0 Å². The Balaban J connectivity index is 1.94. The molecule has 6 heteroatoms. The number of hydrogen-bond acceptors (Lipinski definition) is 6. The Hall–Kier alpha value is -1.01. The van der Waals surface area contributed by atoms with E-state index in [1.807, 2.05) is 12.3 Å². The van der Waals surface area contributed by atoms with Crippen molar-refractivity contribution in [2.45, 2.75) is 44.3 Å². The Morgan fingerprint density at radius 3 is 2.57 bits per heavy atom. The van der Waals surface area contributed by atoms with Crippen LogP contribution in [0.1, 0.15) is 33.1 Å². The number of nitrogens with one attached hydrogen (secondary N) is 2. The lowest BCUT2D eigenvalue weighted by molar-refractivity contribution is 0.219. The molecule has 0 aromatic carbocycles. The van der Waals surface area contributed by atoms with Crippen molar-refractivity contribution in [2.75, 3.05) is 43.1 Å². The molecule has 0 bridgehead atoms. The first-order valence-corrected chi connectivity index (χ1v) is 9.13. The van der Waals surface area contributed by atoms with Gasteiger partial charge in [-0.2, -0.15) is 0 Å². The molecule has 1 aromatic rings. The van der Waals surface area contributed by atoms with Gasteiger partial charge in [0.25, 0.3) is 0 Å². The minimum atomic E-state index is 0.525. The quantitative estimate of drug-likeness (QED) is 0.597. The number of likely N-dealkylation sites (tertiary alicyclic amines) is 1. The highest BCUT2D eigenvalue weighted by Crippen LogP contribution is 2.20. The summed E-state index contributed by atoms with van der Waals surface area (Å²) in [7, 11) is 0. The highest BCUT2D eigenvalue weighted by molar-refractivity contribution is 7.98.